The highest BCUT2D eigenvalue weighted by Crippen LogP contribution is 2.42. The summed E-state index contributed by atoms with van der Waals surface area (Å²) in [7, 11) is 6.13. The van der Waals surface area contributed by atoms with Gasteiger partial charge in [0.05, 0.1) is 33.6 Å². The summed E-state index contributed by atoms with van der Waals surface area (Å²) in [4.78, 5) is 12.5. The van der Waals surface area contributed by atoms with Gasteiger partial charge in [-0.05, 0) is 19.1 Å². The molecule has 8 heteroatoms. The topological polar surface area (TPSA) is 92.1 Å². The van der Waals surface area contributed by atoms with E-state index in [9.17, 15) is 4.79 Å². The van der Waals surface area contributed by atoms with Gasteiger partial charge in [-0.25, -0.2) is 0 Å². The Balaban J connectivity index is 2.47. The number of carbonyl (C=O) groups excluding carboxylic acids is 1. The number of benzene rings is 1. The molecular weight excluding hydrogens is 328 g/mol. The Morgan fingerprint density at radius 3 is 2.28 bits per heavy atom. The van der Waals surface area contributed by atoms with Crippen molar-refractivity contribution < 1.29 is 28.3 Å². The Morgan fingerprint density at radius 1 is 1.12 bits per heavy atom. The highest BCUT2D eigenvalue weighted by molar-refractivity contribution is 6.00. The molecule has 0 radical (unpaired) electrons. The molecule has 0 aliphatic carbocycles. The fourth-order valence-electron chi connectivity index (χ4n) is 2.40. The van der Waals surface area contributed by atoms with Gasteiger partial charge >= 0.3 is 0 Å². The lowest BCUT2D eigenvalue weighted by Crippen LogP contribution is -2.27. The van der Waals surface area contributed by atoms with Crippen LogP contribution < -0.4 is 19.5 Å². The molecular formula is C17H22N2O6. The number of ether oxygens (including phenoxy) is 4. The van der Waals surface area contributed by atoms with Crippen LogP contribution in [0.1, 0.15) is 16.1 Å². The van der Waals surface area contributed by atoms with Crippen LogP contribution in [0.5, 0.6) is 17.2 Å². The van der Waals surface area contributed by atoms with E-state index in [2.05, 4.69) is 10.5 Å². The normalized spacial score (nSPS) is 10.4. The van der Waals surface area contributed by atoms with Crippen LogP contribution in [0, 0.1) is 6.92 Å². The van der Waals surface area contributed by atoms with Crippen molar-refractivity contribution in [1.82, 2.24) is 10.5 Å². The van der Waals surface area contributed by atoms with E-state index in [1.165, 1.54) is 21.3 Å². The number of aryl methyl sites for hydroxylation is 1. The molecule has 8 nitrogen and oxygen atoms in total. The molecule has 0 saturated carbocycles. The number of methoxy groups -OCH3 is 4. The summed E-state index contributed by atoms with van der Waals surface area (Å²) in [5.41, 5.74) is 1.43. The first-order chi connectivity index (χ1) is 12.1. The summed E-state index contributed by atoms with van der Waals surface area (Å²) in [6, 6.07) is 3.40. The van der Waals surface area contributed by atoms with Gasteiger partial charge in [0.2, 0.25) is 5.75 Å². The van der Waals surface area contributed by atoms with Crippen molar-refractivity contribution in [3.05, 3.63) is 23.4 Å². The summed E-state index contributed by atoms with van der Waals surface area (Å²) < 4.78 is 26.3. The minimum Gasteiger partial charge on any atom is -0.493 e. The van der Waals surface area contributed by atoms with Crippen LogP contribution >= 0.6 is 0 Å². The predicted octanol–water partition coefficient (Wildman–Crippen LogP) is 2.05. The van der Waals surface area contributed by atoms with Gasteiger partial charge in [0.15, 0.2) is 17.3 Å². The third kappa shape index (κ3) is 3.85. The third-order valence-corrected chi connectivity index (χ3v) is 3.61. The lowest BCUT2D eigenvalue weighted by molar-refractivity contribution is 0.0937. The maximum atomic E-state index is 12.5. The monoisotopic (exact) mass is 350 g/mol. The fourth-order valence-corrected chi connectivity index (χ4v) is 2.40. The summed E-state index contributed by atoms with van der Waals surface area (Å²) in [6.07, 6.45) is 0. The van der Waals surface area contributed by atoms with Crippen molar-refractivity contribution in [2.75, 3.05) is 41.6 Å². The largest absolute Gasteiger partial charge is 0.493 e. The molecule has 1 N–H and O–H groups in total. The van der Waals surface area contributed by atoms with Crippen LogP contribution in [0.3, 0.4) is 0 Å². The van der Waals surface area contributed by atoms with E-state index in [1.807, 2.05) is 0 Å². The number of rotatable bonds is 8. The number of nitrogens with zero attached hydrogens (tertiary/aromatic N) is 1. The fraction of sp³-hybridized carbons (Fsp3) is 0.412. The van der Waals surface area contributed by atoms with E-state index in [0.717, 1.165) is 0 Å². The maximum absolute atomic E-state index is 12.5. The third-order valence-electron chi connectivity index (χ3n) is 3.61. The predicted molar refractivity (Wildman–Crippen MR) is 90.5 cm³/mol. The molecule has 0 spiro atoms. The van der Waals surface area contributed by atoms with Crippen molar-refractivity contribution >= 4 is 5.91 Å². The second-order valence-corrected chi connectivity index (χ2v) is 5.13. The molecule has 0 aliphatic heterocycles. The minimum absolute atomic E-state index is 0.292. The van der Waals surface area contributed by atoms with E-state index < -0.39 is 0 Å². The molecule has 1 aromatic carbocycles. The van der Waals surface area contributed by atoms with Gasteiger partial charge in [0.25, 0.3) is 5.91 Å². The van der Waals surface area contributed by atoms with Crippen LogP contribution in [0.2, 0.25) is 0 Å². The molecule has 2 aromatic rings. The van der Waals surface area contributed by atoms with Gasteiger partial charge in [-0.2, -0.15) is 0 Å². The van der Waals surface area contributed by atoms with Gasteiger partial charge in [-0.1, -0.05) is 5.16 Å². The van der Waals surface area contributed by atoms with Crippen molar-refractivity contribution in [3.8, 4) is 28.6 Å². The molecule has 0 saturated heterocycles. The molecule has 1 heterocycles. The zero-order valence-electron chi connectivity index (χ0n) is 15.0. The molecule has 0 atom stereocenters. The quantitative estimate of drug-likeness (QED) is 0.728. The van der Waals surface area contributed by atoms with Crippen LogP contribution in [-0.4, -0.2) is 52.7 Å². The van der Waals surface area contributed by atoms with Gasteiger partial charge < -0.3 is 28.8 Å². The number of amides is 1. The number of hydrogen-bond donors (Lipinski definition) is 1. The maximum Gasteiger partial charge on any atom is 0.257 e. The number of nitrogens with one attached hydrogen (secondary N) is 1. The molecule has 0 unspecified atom stereocenters. The van der Waals surface area contributed by atoms with E-state index in [-0.39, 0.29) is 5.91 Å². The Morgan fingerprint density at radius 2 is 1.76 bits per heavy atom. The summed E-state index contributed by atoms with van der Waals surface area (Å²) >= 11 is 0. The van der Waals surface area contributed by atoms with Crippen molar-refractivity contribution in [2.24, 2.45) is 0 Å². The second kappa shape index (κ2) is 8.39. The zero-order chi connectivity index (χ0) is 18.4. The Hall–Kier alpha value is -2.74. The summed E-state index contributed by atoms with van der Waals surface area (Å²) in [5, 5.41) is 6.68. The molecule has 1 aromatic heterocycles. The number of carbonyl (C=O) groups is 1. The second-order valence-electron chi connectivity index (χ2n) is 5.13. The summed E-state index contributed by atoms with van der Waals surface area (Å²) in [6.45, 7) is 2.50. The van der Waals surface area contributed by atoms with Gasteiger partial charge in [0, 0.05) is 19.2 Å². The molecule has 1 amide bonds. The van der Waals surface area contributed by atoms with Crippen LogP contribution in [-0.2, 0) is 4.74 Å². The molecule has 2 rings (SSSR count). The van der Waals surface area contributed by atoms with Gasteiger partial charge in [0.1, 0.15) is 5.56 Å². The van der Waals surface area contributed by atoms with Crippen LogP contribution in [0.4, 0.5) is 0 Å². The smallest absolute Gasteiger partial charge is 0.257 e. The van der Waals surface area contributed by atoms with Gasteiger partial charge in [-0.15, -0.1) is 0 Å². The molecule has 25 heavy (non-hydrogen) atoms. The van der Waals surface area contributed by atoms with Crippen LogP contribution in [0.25, 0.3) is 11.3 Å². The molecule has 0 aliphatic rings. The van der Waals surface area contributed by atoms with E-state index >= 15 is 0 Å². The van der Waals surface area contributed by atoms with Gasteiger partial charge in [-0.3, -0.25) is 4.79 Å². The lowest BCUT2D eigenvalue weighted by atomic mass is 10.0. The zero-order valence-corrected chi connectivity index (χ0v) is 15.0. The average molecular weight is 350 g/mol. The van der Waals surface area contributed by atoms with Crippen molar-refractivity contribution in [3.63, 3.8) is 0 Å². The Kier molecular flexibility index (Phi) is 6.24. The SMILES string of the molecule is COCCNC(=O)c1c(C)noc1-c1cc(OC)c(OC)c(OC)c1. The van der Waals surface area contributed by atoms with Crippen molar-refractivity contribution in [2.45, 2.75) is 6.92 Å². The molecule has 0 fully saturated rings. The van der Waals surface area contributed by atoms with E-state index in [4.69, 9.17) is 23.5 Å². The first-order valence-corrected chi connectivity index (χ1v) is 7.61. The number of hydrogen-bond acceptors (Lipinski definition) is 7. The van der Waals surface area contributed by atoms with E-state index in [1.54, 1.807) is 26.2 Å². The average Bonchev–Trinajstić information content (AvgIpc) is 3.02. The number of aromatic nitrogens is 1. The Labute approximate surface area is 146 Å². The highest BCUT2D eigenvalue weighted by Gasteiger charge is 2.24. The minimum atomic E-state index is -0.292. The lowest BCUT2D eigenvalue weighted by Gasteiger charge is -2.13. The highest BCUT2D eigenvalue weighted by atomic mass is 16.5. The summed E-state index contributed by atoms with van der Waals surface area (Å²) in [5.74, 6) is 1.40. The standard InChI is InChI=1S/C17H22N2O6/c1-10-14(17(20)18-6-7-21-2)15(25-19-10)11-8-12(22-3)16(24-5)13(9-11)23-4/h8-9H,6-7H2,1-5H3,(H,18,20). The van der Waals surface area contributed by atoms with E-state index in [0.29, 0.717) is 53.0 Å². The molecule has 136 valence electrons. The van der Waals surface area contributed by atoms with Crippen LogP contribution in [0.15, 0.2) is 16.7 Å². The first-order valence-electron chi connectivity index (χ1n) is 7.61. The molecule has 0 bridgehead atoms. The Bertz CT molecular complexity index is 716. The van der Waals surface area contributed by atoms with Crippen molar-refractivity contribution in [1.29, 1.82) is 0 Å². The first kappa shape index (κ1) is 18.6.